The van der Waals surface area contributed by atoms with Crippen LogP contribution in [-0.2, 0) is 4.79 Å². The van der Waals surface area contributed by atoms with E-state index in [9.17, 15) is 9.59 Å². The lowest BCUT2D eigenvalue weighted by Gasteiger charge is -2.38. The van der Waals surface area contributed by atoms with Gasteiger partial charge in [-0.25, -0.2) is 0 Å². The molecule has 2 aliphatic rings. The van der Waals surface area contributed by atoms with Gasteiger partial charge < -0.3 is 33.6 Å². The van der Waals surface area contributed by atoms with E-state index in [0.717, 1.165) is 18.7 Å². The number of para-hydroxylation sites is 1. The summed E-state index contributed by atoms with van der Waals surface area (Å²) in [6.45, 7) is 5.56. The minimum atomic E-state index is -0.424. The second-order valence-corrected chi connectivity index (χ2v) is 10.7. The number of carbonyl (C=O) groups excluding carboxylic acids is 2. The molecule has 2 heterocycles. The number of hydrogen-bond donors (Lipinski definition) is 0. The van der Waals surface area contributed by atoms with Crippen LogP contribution in [0.1, 0.15) is 27.4 Å². The van der Waals surface area contributed by atoms with E-state index in [1.54, 1.807) is 51.5 Å². The van der Waals surface area contributed by atoms with E-state index in [1.807, 2.05) is 35.2 Å². The molecule has 222 valence electrons. The van der Waals surface area contributed by atoms with Gasteiger partial charge in [-0.3, -0.25) is 9.59 Å². The van der Waals surface area contributed by atoms with Crippen molar-refractivity contribution in [2.75, 3.05) is 72.6 Å². The second-order valence-electron chi connectivity index (χ2n) is 10.7. The first-order valence-electron chi connectivity index (χ1n) is 14.2. The first kappa shape index (κ1) is 29.1. The molecule has 2 amide bonds. The maximum atomic E-state index is 14.2. The summed E-state index contributed by atoms with van der Waals surface area (Å²) in [6.07, 6.45) is 0. The van der Waals surface area contributed by atoms with Crippen LogP contribution in [0.2, 0.25) is 0 Å². The number of anilines is 1. The third-order valence-corrected chi connectivity index (χ3v) is 8.40. The van der Waals surface area contributed by atoms with Crippen molar-refractivity contribution < 1.29 is 28.5 Å². The SMILES string of the molecule is COc1cccc(C(=O)N2C[C@@H](C(=O)N3CCN(c4ccccc4C)CC3)[C@H](c3cc(OC)c(OC)c(OC)c3)C2)c1. The van der Waals surface area contributed by atoms with Crippen LogP contribution < -0.4 is 23.8 Å². The molecule has 2 fully saturated rings. The van der Waals surface area contributed by atoms with Gasteiger partial charge >= 0.3 is 0 Å². The van der Waals surface area contributed by atoms with Crippen molar-refractivity contribution in [3.63, 3.8) is 0 Å². The molecule has 2 saturated heterocycles. The van der Waals surface area contributed by atoms with Crippen molar-refractivity contribution >= 4 is 17.5 Å². The fourth-order valence-corrected chi connectivity index (χ4v) is 6.13. The molecule has 2 atom stereocenters. The van der Waals surface area contributed by atoms with Gasteiger partial charge in [-0.15, -0.1) is 0 Å². The highest BCUT2D eigenvalue weighted by atomic mass is 16.5. The lowest BCUT2D eigenvalue weighted by Crippen LogP contribution is -2.51. The quantitative estimate of drug-likeness (QED) is 0.399. The number of piperazine rings is 1. The summed E-state index contributed by atoms with van der Waals surface area (Å²) in [4.78, 5) is 33.9. The van der Waals surface area contributed by atoms with Gasteiger partial charge in [-0.05, 0) is 54.4 Å². The molecule has 0 spiro atoms. The summed E-state index contributed by atoms with van der Waals surface area (Å²) < 4.78 is 22.1. The number of nitrogens with zero attached hydrogens (tertiary/aromatic N) is 3. The van der Waals surface area contributed by atoms with E-state index in [0.29, 0.717) is 54.7 Å². The van der Waals surface area contributed by atoms with Crippen molar-refractivity contribution in [1.29, 1.82) is 0 Å². The van der Waals surface area contributed by atoms with Crippen LogP contribution >= 0.6 is 0 Å². The molecular formula is C33H39N3O6. The number of aryl methyl sites for hydroxylation is 1. The van der Waals surface area contributed by atoms with Gasteiger partial charge in [0.2, 0.25) is 11.7 Å². The summed E-state index contributed by atoms with van der Waals surface area (Å²) in [5, 5.41) is 0. The molecule has 0 aliphatic carbocycles. The van der Waals surface area contributed by atoms with E-state index in [1.165, 1.54) is 11.3 Å². The Hall–Kier alpha value is -4.40. The number of methoxy groups -OCH3 is 4. The maximum Gasteiger partial charge on any atom is 0.254 e. The summed E-state index contributed by atoms with van der Waals surface area (Å²) in [5.74, 6) is 1.37. The number of ether oxygens (including phenoxy) is 4. The Morgan fingerprint density at radius 2 is 1.43 bits per heavy atom. The Bertz CT molecular complexity index is 1410. The van der Waals surface area contributed by atoms with Crippen molar-refractivity contribution in [2.45, 2.75) is 12.8 Å². The molecule has 0 aromatic heterocycles. The summed E-state index contributed by atoms with van der Waals surface area (Å²) in [5.41, 5.74) is 3.82. The Labute approximate surface area is 247 Å². The number of benzene rings is 3. The number of likely N-dealkylation sites (tertiary alicyclic amines) is 1. The van der Waals surface area contributed by atoms with E-state index < -0.39 is 5.92 Å². The van der Waals surface area contributed by atoms with Gasteiger partial charge in [-0.2, -0.15) is 0 Å². The molecule has 0 bridgehead atoms. The Morgan fingerprint density at radius 3 is 2.05 bits per heavy atom. The lowest BCUT2D eigenvalue weighted by molar-refractivity contribution is -0.135. The average Bonchev–Trinajstić information content (AvgIpc) is 3.49. The fraction of sp³-hybridized carbons (Fsp3) is 0.394. The van der Waals surface area contributed by atoms with Gasteiger partial charge in [0.25, 0.3) is 5.91 Å². The highest BCUT2D eigenvalue weighted by Crippen LogP contribution is 2.44. The van der Waals surface area contributed by atoms with Crippen LogP contribution in [-0.4, -0.2) is 89.3 Å². The van der Waals surface area contributed by atoms with E-state index in [4.69, 9.17) is 18.9 Å². The highest BCUT2D eigenvalue weighted by molar-refractivity contribution is 5.95. The second kappa shape index (κ2) is 12.6. The number of carbonyl (C=O) groups is 2. The van der Waals surface area contributed by atoms with Gasteiger partial charge in [0.15, 0.2) is 11.5 Å². The first-order valence-corrected chi connectivity index (χ1v) is 14.2. The van der Waals surface area contributed by atoms with Crippen molar-refractivity contribution in [2.24, 2.45) is 5.92 Å². The molecule has 9 nitrogen and oxygen atoms in total. The molecule has 3 aromatic rings. The normalized spacial score (nSPS) is 18.5. The molecule has 42 heavy (non-hydrogen) atoms. The van der Waals surface area contributed by atoms with E-state index in [-0.39, 0.29) is 17.7 Å². The Kier molecular flexibility index (Phi) is 8.75. The monoisotopic (exact) mass is 573 g/mol. The van der Waals surface area contributed by atoms with Gasteiger partial charge in [0, 0.05) is 56.4 Å². The molecule has 0 radical (unpaired) electrons. The predicted octanol–water partition coefficient (Wildman–Crippen LogP) is 4.23. The molecule has 0 saturated carbocycles. The summed E-state index contributed by atoms with van der Waals surface area (Å²) in [6, 6.07) is 19.2. The van der Waals surface area contributed by atoms with Crippen LogP contribution in [0.5, 0.6) is 23.0 Å². The zero-order valence-corrected chi connectivity index (χ0v) is 25.0. The predicted molar refractivity (Wildman–Crippen MR) is 161 cm³/mol. The summed E-state index contributed by atoms with van der Waals surface area (Å²) in [7, 11) is 6.29. The van der Waals surface area contributed by atoms with Crippen LogP contribution in [0.4, 0.5) is 5.69 Å². The summed E-state index contributed by atoms with van der Waals surface area (Å²) >= 11 is 0. The minimum Gasteiger partial charge on any atom is -0.497 e. The van der Waals surface area contributed by atoms with Crippen LogP contribution in [0, 0.1) is 12.8 Å². The third-order valence-electron chi connectivity index (χ3n) is 8.40. The highest BCUT2D eigenvalue weighted by Gasteiger charge is 2.43. The Balaban J connectivity index is 1.43. The minimum absolute atomic E-state index is 0.0547. The molecule has 3 aromatic carbocycles. The zero-order valence-electron chi connectivity index (χ0n) is 25.0. The molecule has 2 aliphatic heterocycles. The first-order chi connectivity index (χ1) is 20.4. The Morgan fingerprint density at radius 1 is 0.738 bits per heavy atom. The van der Waals surface area contributed by atoms with Gasteiger partial charge in [-0.1, -0.05) is 24.3 Å². The van der Waals surface area contributed by atoms with Crippen molar-refractivity contribution in [3.05, 3.63) is 77.4 Å². The molecule has 0 unspecified atom stereocenters. The number of amides is 2. The zero-order chi connectivity index (χ0) is 29.8. The topological polar surface area (TPSA) is 80.8 Å². The van der Waals surface area contributed by atoms with Crippen LogP contribution in [0.15, 0.2) is 60.7 Å². The van der Waals surface area contributed by atoms with Crippen LogP contribution in [0.3, 0.4) is 0 Å². The third kappa shape index (κ3) is 5.68. The molecular weight excluding hydrogens is 534 g/mol. The van der Waals surface area contributed by atoms with Crippen molar-refractivity contribution in [1.82, 2.24) is 9.80 Å². The van der Waals surface area contributed by atoms with Gasteiger partial charge in [0.05, 0.1) is 34.4 Å². The standard InChI is InChI=1S/C33H39N3O6/c1-22-9-6-7-12-28(22)34-13-15-35(16-14-34)33(38)27-21-36(32(37)23-10-8-11-25(17-23)39-2)20-26(27)24-18-29(40-3)31(42-5)30(19-24)41-4/h6-12,17-19,26-27H,13-16,20-21H2,1-5H3/t26-,27+/m0/s1. The number of hydrogen-bond acceptors (Lipinski definition) is 7. The largest absolute Gasteiger partial charge is 0.497 e. The molecule has 9 heteroatoms. The van der Waals surface area contributed by atoms with Crippen LogP contribution in [0.25, 0.3) is 0 Å². The van der Waals surface area contributed by atoms with E-state index in [2.05, 4.69) is 24.0 Å². The van der Waals surface area contributed by atoms with E-state index >= 15 is 0 Å². The fourth-order valence-electron chi connectivity index (χ4n) is 6.13. The molecule has 5 rings (SSSR count). The van der Waals surface area contributed by atoms with Crippen molar-refractivity contribution in [3.8, 4) is 23.0 Å². The smallest absolute Gasteiger partial charge is 0.254 e. The number of rotatable bonds is 8. The molecule has 0 N–H and O–H groups in total. The maximum absolute atomic E-state index is 14.2. The lowest BCUT2D eigenvalue weighted by atomic mass is 9.87. The average molecular weight is 574 g/mol. The van der Waals surface area contributed by atoms with Gasteiger partial charge in [0.1, 0.15) is 5.75 Å².